The Kier molecular flexibility index (Phi) is 7.37. The number of rotatable bonds is 6. The van der Waals surface area contributed by atoms with Gasteiger partial charge < -0.3 is 14.8 Å². The van der Waals surface area contributed by atoms with E-state index in [0.29, 0.717) is 21.2 Å². The van der Waals surface area contributed by atoms with Crippen molar-refractivity contribution < 1.29 is 19.1 Å². The minimum atomic E-state index is -0.594. The first-order valence-corrected chi connectivity index (χ1v) is 9.15. The Morgan fingerprint density at radius 1 is 1.29 bits per heavy atom. The summed E-state index contributed by atoms with van der Waals surface area (Å²) in [7, 11) is 0. The Morgan fingerprint density at radius 3 is 2.75 bits per heavy atom. The van der Waals surface area contributed by atoms with E-state index in [1.165, 1.54) is 6.42 Å². The zero-order valence-electron chi connectivity index (χ0n) is 13.5. The van der Waals surface area contributed by atoms with E-state index in [4.69, 9.17) is 21.1 Å². The van der Waals surface area contributed by atoms with Crippen molar-refractivity contribution in [2.45, 2.75) is 38.6 Å². The fourth-order valence-corrected chi connectivity index (χ4v) is 3.49. The number of hydrogen-bond donors (Lipinski definition) is 1. The highest BCUT2D eigenvalue weighted by atomic mass is 79.9. The van der Waals surface area contributed by atoms with Crippen LogP contribution in [0.4, 0.5) is 0 Å². The summed E-state index contributed by atoms with van der Waals surface area (Å²) in [4.78, 5) is 23.6. The summed E-state index contributed by atoms with van der Waals surface area (Å²) in [6.07, 6.45) is 4.43. The molecular formula is C17H21BrClNO4. The third-order valence-corrected chi connectivity index (χ3v) is 4.92. The van der Waals surface area contributed by atoms with Gasteiger partial charge in [-0.2, -0.15) is 0 Å². The van der Waals surface area contributed by atoms with E-state index in [1.807, 2.05) is 0 Å². The van der Waals surface area contributed by atoms with Gasteiger partial charge in [-0.05, 0) is 52.9 Å². The molecule has 1 aliphatic carbocycles. The van der Waals surface area contributed by atoms with Crippen LogP contribution >= 0.6 is 27.5 Å². The molecule has 2 rings (SSSR count). The van der Waals surface area contributed by atoms with Crippen molar-refractivity contribution in [2.75, 3.05) is 13.2 Å². The lowest BCUT2D eigenvalue weighted by Crippen LogP contribution is -2.43. The number of halogens is 2. The number of ether oxygens (including phenoxy) is 2. The highest BCUT2D eigenvalue weighted by molar-refractivity contribution is 9.10. The standard InChI is InChI=1S/C17H21BrClNO4/c1-11-4-2-3-5-14(11)20-16(21)9-24-17(22)10-23-15-7-6-12(19)8-13(15)18/h6-8,11,14H,2-5,9-10H2,1H3,(H,20,21). The normalized spacial score (nSPS) is 20.3. The second kappa shape index (κ2) is 9.28. The van der Waals surface area contributed by atoms with Crippen LogP contribution in [-0.4, -0.2) is 31.1 Å². The van der Waals surface area contributed by atoms with Crippen LogP contribution in [0.3, 0.4) is 0 Å². The molecule has 1 aromatic rings. The largest absolute Gasteiger partial charge is 0.481 e. The quantitative estimate of drug-likeness (QED) is 0.715. The van der Waals surface area contributed by atoms with Crippen molar-refractivity contribution in [3.63, 3.8) is 0 Å². The van der Waals surface area contributed by atoms with Crippen molar-refractivity contribution in [2.24, 2.45) is 5.92 Å². The number of hydrogen-bond acceptors (Lipinski definition) is 4. The molecule has 1 N–H and O–H groups in total. The van der Waals surface area contributed by atoms with Crippen LogP contribution in [0.5, 0.6) is 5.75 Å². The van der Waals surface area contributed by atoms with Gasteiger partial charge >= 0.3 is 5.97 Å². The number of nitrogens with one attached hydrogen (secondary N) is 1. The van der Waals surface area contributed by atoms with Crippen molar-refractivity contribution >= 4 is 39.4 Å². The molecule has 2 atom stereocenters. The Balaban J connectivity index is 1.69. The Bertz CT molecular complexity index is 596. The monoisotopic (exact) mass is 417 g/mol. The Hall–Kier alpha value is -1.27. The second-order valence-electron chi connectivity index (χ2n) is 5.96. The van der Waals surface area contributed by atoms with Gasteiger partial charge in [0.05, 0.1) is 4.47 Å². The first-order valence-electron chi connectivity index (χ1n) is 7.98. The zero-order chi connectivity index (χ0) is 17.5. The maximum absolute atomic E-state index is 11.9. The van der Waals surface area contributed by atoms with Crippen molar-refractivity contribution in [1.82, 2.24) is 5.32 Å². The molecule has 0 aliphatic heterocycles. The summed E-state index contributed by atoms with van der Waals surface area (Å²) >= 11 is 9.13. The lowest BCUT2D eigenvalue weighted by Gasteiger charge is -2.29. The summed E-state index contributed by atoms with van der Waals surface area (Å²) in [6, 6.07) is 5.15. The van der Waals surface area contributed by atoms with Crippen LogP contribution in [0.1, 0.15) is 32.6 Å². The minimum absolute atomic E-state index is 0.172. The Morgan fingerprint density at radius 2 is 2.04 bits per heavy atom. The van der Waals surface area contributed by atoms with Crippen LogP contribution in [0, 0.1) is 5.92 Å². The van der Waals surface area contributed by atoms with Gasteiger partial charge in [-0.1, -0.05) is 31.4 Å². The van der Waals surface area contributed by atoms with Crippen molar-refractivity contribution in [1.29, 1.82) is 0 Å². The molecule has 5 nitrogen and oxygen atoms in total. The molecular weight excluding hydrogens is 398 g/mol. The maximum atomic E-state index is 11.9. The highest BCUT2D eigenvalue weighted by Gasteiger charge is 2.23. The molecule has 0 aromatic heterocycles. The molecule has 1 amide bonds. The molecule has 24 heavy (non-hydrogen) atoms. The summed E-state index contributed by atoms with van der Waals surface area (Å²) in [6.45, 7) is 1.58. The van der Waals surface area contributed by atoms with Crippen LogP contribution in [0.25, 0.3) is 0 Å². The molecule has 0 bridgehead atoms. The van der Waals surface area contributed by atoms with Gasteiger partial charge in [0.1, 0.15) is 5.75 Å². The summed E-state index contributed by atoms with van der Waals surface area (Å²) in [5.74, 6) is 0.0827. The SMILES string of the molecule is CC1CCCCC1NC(=O)COC(=O)COc1ccc(Cl)cc1Br. The number of benzene rings is 1. The van der Waals surface area contributed by atoms with E-state index >= 15 is 0 Å². The van der Waals surface area contributed by atoms with Crippen LogP contribution in [0.2, 0.25) is 5.02 Å². The maximum Gasteiger partial charge on any atom is 0.344 e. The van der Waals surface area contributed by atoms with Crippen LogP contribution in [-0.2, 0) is 14.3 Å². The van der Waals surface area contributed by atoms with Crippen LogP contribution in [0.15, 0.2) is 22.7 Å². The average Bonchev–Trinajstić information content (AvgIpc) is 2.54. The first-order chi connectivity index (χ1) is 11.5. The molecule has 1 saturated carbocycles. The van der Waals surface area contributed by atoms with Gasteiger partial charge in [-0.3, -0.25) is 4.79 Å². The lowest BCUT2D eigenvalue weighted by molar-refractivity contribution is -0.150. The summed E-state index contributed by atoms with van der Waals surface area (Å²) in [5, 5.41) is 3.49. The zero-order valence-corrected chi connectivity index (χ0v) is 15.9. The topological polar surface area (TPSA) is 64.6 Å². The van der Waals surface area contributed by atoms with Crippen LogP contribution < -0.4 is 10.1 Å². The lowest BCUT2D eigenvalue weighted by atomic mass is 9.86. The second-order valence-corrected chi connectivity index (χ2v) is 7.25. The molecule has 2 unspecified atom stereocenters. The molecule has 0 spiro atoms. The molecule has 132 valence electrons. The molecule has 0 heterocycles. The third kappa shape index (κ3) is 5.98. The molecule has 7 heteroatoms. The van der Waals surface area contributed by atoms with E-state index in [-0.39, 0.29) is 25.2 Å². The highest BCUT2D eigenvalue weighted by Crippen LogP contribution is 2.28. The van der Waals surface area contributed by atoms with Gasteiger partial charge in [0.25, 0.3) is 5.91 Å². The molecule has 1 aromatic carbocycles. The van der Waals surface area contributed by atoms with Gasteiger partial charge in [0.15, 0.2) is 13.2 Å². The van der Waals surface area contributed by atoms with E-state index < -0.39 is 5.97 Å². The van der Waals surface area contributed by atoms with Gasteiger partial charge in [-0.25, -0.2) is 4.79 Å². The Labute approximate surface area is 155 Å². The predicted molar refractivity (Wildman–Crippen MR) is 95.2 cm³/mol. The fraction of sp³-hybridized carbons (Fsp3) is 0.529. The molecule has 0 radical (unpaired) electrons. The minimum Gasteiger partial charge on any atom is -0.481 e. The summed E-state index contributed by atoms with van der Waals surface area (Å²) in [5.41, 5.74) is 0. The predicted octanol–water partition coefficient (Wildman–Crippen LogP) is 3.72. The van der Waals surface area contributed by atoms with Gasteiger partial charge in [-0.15, -0.1) is 0 Å². The van der Waals surface area contributed by atoms with E-state index in [1.54, 1.807) is 18.2 Å². The summed E-state index contributed by atoms with van der Waals surface area (Å²) < 4.78 is 10.9. The molecule has 0 saturated heterocycles. The van der Waals surface area contributed by atoms with E-state index in [9.17, 15) is 9.59 Å². The van der Waals surface area contributed by atoms with Crippen molar-refractivity contribution in [3.05, 3.63) is 27.7 Å². The number of esters is 1. The third-order valence-electron chi connectivity index (χ3n) is 4.06. The number of carbonyl (C=O) groups is 2. The fourth-order valence-electron chi connectivity index (χ4n) is 2.70. The number of amides is 1. The first kappa shape index (κ1) is 19.1. The number of carbonyl (C=O) groups excluding carboxylic acids is 2. The smallest absolute Gasteiger partial charge is 0.344 e. The average molecular weight is 419 g/mol. The van der Waals surface area contributed by atoms with Gasteiger partial charge in [0, 0.05) is 11.1 Å². The van der Waals surface area contributed by atoms with Gasteiger partial charge in [0.2, 0.25) is 0 Å². The van der Waals surface area contributed by atoms with Crippen molar-refractivity contribution in [3.8, 4) is 5.75 Å². The van der Waals surface area contributed by atoms with E-state index in [2.05, 4.69) is 28.2 Å². The van der Waals surface area contributed by atoms with E-state index in [0.717, 1.165) is 19.3 Å². The molecule has 1 fully saturated rings. The molecule has 1 aliphatic rings.